The first kappa shape index (κ1) is 15.6. The van der Waals surface area contributed by atoms with Gasteiger partial charge in [-0.15, -0.1) is 0 Å². The van der Waals surface area contributed by atoms with Crippen LogP contribution in [0.25, 0.3) is 0 Å². The van der Waals surface area contributed by atoms with Crippen LogP contribution in [0.5, 0.6) is 0 Å². The number of nitrogens with one attached hydrogen (secondary N) is 1. The third-order valence-corrected chi connectivity index (χ3v) is 2.70. The van der Waals surface area contributed by atoms with Gasteiger partial charge in [0.25, 0.3) is 0 Å². The summed E-state index contributed by atoms with van der Waals surface area (Å²) >= 11 is 0. The van der Waals surface area contributed by atoms with Crippen molar-refractivity contribution in [1.82, 2.24) is 5.32 Å². The van der Waals surface area contributed by atoms with Gasteiger partial charge in [0.15, 0.2) is 0 Å². The maximum absolute atomic E-state index is 11.2. The van der Waals surface area contributed by atoms with E-state index in [9.17, 15) is 9.90 Å². The van der Waals surface area contributed by atoms with Gasteiger partial charge < -0.3 is 19.9 Å². The molecule has 0 aromatic heterocycles. The number of carboxylic acid groups (broad SMARTS) is 1. The topological polar surface area (TPSA) is 67.8 Å². The molecule has 106 valence electrons. The highest BCUT2D eigenvalue weighted by Gasteiger charge is 2.18. The predicted octanol–water partition coefficient (Wildman–Crippen LogP) is 1.11. The van der Waals surface area contributed by atoms with Crippen molar-refractivity contribution in [3.05, 3.63) is 35.9 Å². The predicted molar refractivity (Wildman–Crippen MR) is 72.4 cm³/mol. The number of carboxylic acids is 1. The molecule has 0 bridgehead atoms. The van der Waals surface area contributed by atoms with E-state index in [-0.39, 0.29) is 0 Å². The summed E-state index contributed by atoms with van der Waals surface area (Å²) in [7, 11) is 1.62. The molecule has 0 radical (unpaired) electrons. The lowest BCUT2D eigenvalue weighted by Gasteiger charge is -2.13. The first-order valence-electron chi connectivity index (χ1n) is 6.31. The van der Waals surface area contributed by atoms with Gasteiger partial charge in [-0.1, -0.05) is 30.3 Å². The fraction of sp³-hybridized carbons (Fsp3) is 0.500. The standard InChI is InChI=1S/C14H21NO4/c1-18-9-10-19-8-7-15-11-13(14(16)17)12-5-3-2-4-6-12/h2-6,13,15H,7-11H2,1H3,(H,16,17). The molecule has 5 heteroatoms. The molecule has 0 amide bonds. The normalized spacial score (nSPS) is 12.3. The Morgan fingerprint density at radius 1 is 1.26 bits per heavy atom. The Kier molecular flexibility index (Phi) is 7.81. The third kappa shape index (κ3) is 6.33. The van der Waals surface area contributed by atoms with E-state index in [0.717, 1.165) is 5.56 Å². The second-order valence-electron chi connectivity index (χ2n) is 4.11. The highest BCUT2D eigenvalue weighted by Crippen LogP contribution is 2.14. The summed E-state index contributed by atoms with van der Waals surface area (Å²) in [6.45, 7) is 2.69. The summed E-state index contributed by atoms with van der Waals surface area (Å²) in [5.41, 5.74) is 0.808. The molecule has 1 unspecified atom stereocenters. The fourth-order valence-corrected chi connectivity index (χ4v) is 1.67. The minimum atomic E-state index is -0.820. The van der Waals surface area contributed by atoms with Crippen LogP contribution in [0.1, 0.15) is 11.5 Å². The van der Waals surface area contributed by atoms with Crippen LogP contribution in [0.15, 0.2) is 30.3 Å². The molecule has 1 aromatic rings. The highest BCUT2D eigenvalue weighted by atomic mass is 16.5. The molecule has 0 heterocycles. The van der Waals surface area contributed by atoms with E-state index in [4.69, 9.17) is 9.47 Å². The monoisotopic (exact) mass is 267 g/mol. The van der Waals surface area contributed by atoms with Crippen molar-refractivity contribution < 1.29 is 19.4 Å². The van der Waals surface area contributed by atoms with Crippen molar-refractivity contribution in [1.29, 1.82) is 0 Å². The molecule has 1 rings (SSSR count). The van der Waals surface area contributed by atoms with Gasteiger partial charge in [0.05, 0.1) is 25.7 Å². The molecule has 5 nitrogen and oxygen atoms in total. The summed E-state index contributed by atoms with van der Waals surface area (Å²) in [5, 5.41) is 12.3. The van der Waals surface area contributed by atoms with Crippen LogP contribution in [-0.2, 0) is 14.3 Å². The lowest BCUT2D eigenvalue weighted by molar-refractivity contribution is -0.138. The molecule has 0 aliphatic heterocycles. The van der Waals surface area contributed by atoms with Gasteiger partial charge in [-0.2, -0.15) is 0 Å². The number of hydrogen-bond donors (Lipinski definition) is 2. The summed E-state index contributed by atoms with van der Waals surface area (Å²) in [5.74, 6) is -1.35. The molecule has 0 aliphatic carbocycles. The van der Waals surface area contributed by atoms with Crippen molar-refractivity contribution in [2.75, 3.05) is 40.0 Å². The smallest absolute Gasteiger partial charge is 0.312 e. The maximum atomic E-state index is 11.2. The van der Waals surface area contributed by atoms with Crippen LogP contribution in [0.4, 0.5) is 0 Å². The van der Waals surface area contributed by atoms with Gasteiger partial charge in [0, 0.05) is 20.2 Å². The summed E-state index contributed by atoms with van der Waals surface area (Å²) in [4.78, 5) is 11.2. The van der Waals surface area contributed by atoms with Crippen LogP contribution >= 0.6 is 0 Å². The summed E-state index contributed by atoms with van der Waals surface area (Å²) < 4.78 is 10.1. The Hall–Kier alpha value is -1.43. The first-order valence-corrected chi connectivity index (χ1v) is 6.31. The van der Waals surface area contributed by atoms with E-state index < -0.39 is 11.9 Å². The lowest BCUT2D eigenvalue weighted by Crippen LogP contribution is -2.29. The Morgan fingerprint density at radius 2 is 2.00 bits per heavy atom. The number of carbonyl (C=O) groups is 1. The second kappa shape index (κ2) is 9.49. The van der Waals surface area contributed by atoms with Crippen LogP contribution in [0.3, 0.4) is 0 Å². The molecule has 0 fully saturated rings. The second-order valence-corrected chi connectivity index (χ2v) is 4.11. The van der Waals surface area contributed by atoms with Gasteiger partial charge in [-0.3, -0.25) is 4.79 Å². The largest absolute Gasteiger partial charge is 0.481 e. The Morgan fingerprint density at radius 3 is 2.63 bits per heavy atom. The van der Waals surface area contributed by atoms with Crippen molar-refractivity contribution in [2.45, 2.75) is 5.92 Å². The quantitative estimate of drug-likeness (QED) is 0.622. The van der Waals surface area contributed by atoms with Crippen molar-refractivity contribution in [2.24, 2.45) is 0 Å². The number of rotatable bonds is 10. The minimum absolute atomic E-state index is 0.396. The van der Waals surface area contributed by atoms with Crippen molar-refractivity contribution in [3.8, 4) is 0 Å². The number of ether oxygens (including phenoxy) is 2. The molecule has 0 saturated heterocycles. The summed E-state index contributed by atoms with van der Waals surface area (Å²) in [6, 6.07) is 9.23. The van der Waals surface area contributed by atoms with Crippen LogP contribution in [0, 0.1) is 0 Å². The Bertz CT molecular complexity index is 356. The molecule has 0 spiro atoms. The zero-order valence-electron chi connectivity index (χ0n) is 11.2. The van der Waals surface area contributed by atoms with E-state index in [1.165, 1.54) is 0 Å². The third-order valence-electron chi connectivity index (χ3n) is 2.70. The molecule has 1 atom stereocenters. The number of aliphatic carboxylic acids is 1. The SMILES string of the molecule is COCCOCCNCC(C(=O)O)c1ccccc1. The summed E-state index contributed by atoms with van der Waals surface area (Å²) in [6.07, 6.45) is 0. The number of benzene rings is 1. The van der Waals surface area contributed by atoms with Crippen LogP contribution in [0.2, 0.25) is 0 Å². The molecule has 2 N–H and O–H groups in total. The molecular weight excluding hydrogens is 246 g/mol. The first-order chi connectivity index (χ1) is 9.25. The van der Waals surface area contributed by atoms with E-state index in [2.05, 4.69) is 5.32 Å². The highest BCUT2D eigenvalue weighted by molar-refractivity contribution is 5.76. The number of methoxy groups -OCH3 is 1. The lowest BCUT2D eigenvalue weighted by atomic mass is 9.99. The van der Waals surface area contributed by atoms with Crippen molar-refractivity contribution >= 4 is 5.97 Å². The Balaban J connectivity index is 2.26. The molecule has 1 aromatic carbocycles. The average Bonchev–Trinajstić information content (AvgIpc) is 2.42. The molecule has 0 saturated carbocycles. The van der Waals surface area contributed by atoms with Gasteiger partial charge in [0.1, 0.15) is 0 Å². The van der Waals surface area contributed by atoms with Crippen LogP contribution in [-0.4, -0.2) is 51.1 Å². The Labute approximate surface area is 113 Å². The molecular formula is C14H21NO4. The number of hydrogen-bond acceptors (Lipinski definition) is 4. The van der Waals surface area contributed by atoms with Crippen molar-refractivity contribution in [3.63, 3.8) is 0 Å². The van der Waals surface area contributed by atoms with E-state index in [0.29, 0.717) is 32.9 Å². The zero-order chi connectivity index (χ0) is 13.9. The van der Waals surface area contributed by atoms with Gasteiger partial charge in [-0.05, 0) is 5.56 Å². The molecule has 0 aliphatic rings. The fourth-order valence-electron chi connectivity index (χ4n) is 1.67. The molecule has 19 heavy (non-hydrogen) atoms. The maximum Gasteiger partial charge on any atom is 0.312 e. The van der Waals surface area contributed by atoms with Gasteiger partial charge >= 0.3 is 5.97 Å². The van der Waals surface area contributed by atoms with E-state index in [1.807, 2.05) is 30.3 Å². The minimum Gasteiger partial charge on any atom is -0.481 e. The van der Waals surface area contributed by atoms with E-state index in [1.54, 1.807) is 7.11 Å². The van der Waals surface area contributed by atoms with Gasteiger partial charge in [0.2, 0.25) is 0 Å². The van der Waals surface area contributed by atoms with Crippen LogP contribution < -0.4 is 5.32 Å². The average molecular weight is 267 g/mol. The van der Waals surface area contributed by atoms with Gasteiger partial charge in [-0.25, -0.2) is 0 Å². The zero-order valence-corrected chi connectivity index (χ0v) is 11.2. The van der Waals surface area contributed by atoms with E-state index >= 15 is 0 Å².